The van der Waals surface area contributed by atoms with E-state index < -0.39 is 11.6 Å². The van der Waals surface area contributed by atoms with Crippen LogP contribution in [0.1, 0.15) is 68.0 Å². The molecule has 1 fully saturated rings. The van der Waals surface area contributed by atoms with Gasteiger partial charge in [0, 0.05) is 32.3 Å². The highest BCUT2D eigenvalue weighted by atomic mass is 16.6. The van der Waals surface area contributed by atoms with Crippen molar-refractivity contribution in [1.29, 1.82) is 0 Å². The summed E-state index contributed by atoms with van der Waals surface area (Å²) in [5, 5.41) is 15.7. The molecule has 39 heavy (non-hydrogen) atoms. The van der Waals surface area contributed by atoms with Gasteiger partial charge in [-0.25, -0.2) is 14.3 Å². The zero-order valence-electron chi connectivity index (χ0n) is 23.1. The zero-order chi connectivity index (χ0) is 27.4. The molecule has 9 heteroatoms. The second kappa shape index (κ2) is 11.7. The van der Waals surface area contributed by atoms with Gasteiger partial charge in [0.15, 0.2) is 5.82 Å². The normalized spacial score (nSPS) is 20.1. The second-order valence-electron chi connectivity index (χ2n) is 10.8. The molecule has 0 saturated heterocycles. The number of carbonyl (C=O) groups excluding carboxylic acids is 1. The maximum absolute atomic E-state index is 13.4. The van der Waals surface area contributed by atoms with E-state index in [9.17, 15) is 9.90 Å². The monoisotopic (exact) mass is 534 g/mol. The van der Waals surface area contributed by atoms with Gasteiger partial charge in [0.25, 0.3) is 5.78 Å². The summed E-state index contributed by atoms with van der Waals surface area (Å²) >= 11 is 0. The number of methoxy groups -OCH3 is 1. The number of aliphatic hydroxyl groups is 1. The average Bonchev–Trinajstić information content (AvgIpc) is 3.60. The van der Waals surface area contributed by atoms with Crippen molar-refractivity contribution in [2.45, 2.75) is 77.2 Å². The first kappa shape index (κ1) is 27.1. The Bertz CT molecular complexity index is 1360. The van der Waals surface area contributed by atoms with Crippen LogP contribution in [-0.2, 0) is 33.5 Å². The fourth-order valence-electron chi connectivity index (χ4n) is 5.94. The number of benzene rings is 1. The number of carbonyl (C=O) groups is 1. The number of hydrogen-bond donors (Lipinski definition) is 1. The summed E-state index contributed by atoms with van der Waals surface area (Å²) in [6.07, 6.45) is 10.5. The highest BCUT2D eigenvalue weighted by molar-refractivity contribution is 5.90. The Kier molecular flexibility index (Phi) is 8.16. The number of fused-ring (bicyclic) bond motifs is 1. The van der Waals surface area contributed by atoms with Crippen LogP contribution in [0.3, 0.4) is 0 Å². The summed E-state index contributed by atoms with van der Waals surface area (Å²) in [6.45, 7) is 5.10. The third-order valence-electron chi connectivity index (χ3n) is 8.05. The molecule has 2 aliphatic rings. The van der Waals surface area contributed by atoms with Crippen LogP contribution in [0.15, 0.2) is 41.9 Å². The lowest BCUT2D eigenvalue weighted by atomic mass is 9.76. The minimum absolute atomic E-state index is 0.0947. The van der Waals surface area contributed by atoms with E-state index in [1.165, 1.54) is 5.56 Å². The number of hydrogen-bond acceptors (Lipinski definition) is 8. The topological polar surface area (TPSA) is 108 Å². The fraction of sp³-hybridized carbons (Fsp3) is 0.533. The lowest BCUT2D eigenvalue weighted by molar-refractivity contribution is -0.167. The van der Waals surface area contributed by atoms with Gasteiger partial charge in [0.1, 0.15) is 23.7 Å². The summed E-state index contributed by atoms with van der Waals surface area (Å²) in [5.74, 6) is 1.63. The van der Waals surface area contributed by atoms with Crippen LogP contribution in [0.2, 0.25) is 0 Å². The highest BCUT2D eigenvalue weighted by Gasteiger charge is 2.48. The summed E-state index contributed by atoms with van der Waals surface area (Å²) in [5.41, 5.74) is 2.80. The van der Waals surface area contributed by atoms with Crippen molar-refractivity contribution in [2.24, 2.45) is 5.92 Å². The smallest absolute Gasteiger partial charge is 0.338 e. The molecule has 0 amide bonds. The molecule has 3 aromatic rings. The Labute approximate surface area is 229 Å². The van der Waals surface area contributed by atoms with Gasteiger partial charge in [-0.1, -0.05) is 31.9 Å². The lowest BCUT2D eigenvalue weighted by Crippen LogP contribution is -2.46. The van der Waals surface area contributed by atoms with E-state index in [2.05, 4.69) is 34.1 Å². The minimum Gasteiger partial charge on any atom is -0.512 e. The maximum atomic E-state index is 13.4. The molecule has 1 atom stereocenters. The van der Waals surface area contributed by atoms with Gasteiger partial charge < -0.3 is 19.3 Å². The van der Waals surface area contributed by atoms with E-state index in [0.717, 1.165) is 55.4 Å². The van der Waals surface area contributed by atoms with Crippen LogP contribution in [0.4, 0.5) is 0 Å². The number of ether oxygens (including phenoxy) is 3. The Balaban J connectivity index is 1.35. The molecule has 1 unspecified atom stereocenters. The number of esters is 1. The maximum Gasteiger partial charge on any atom is 0.338 e. The molecule has 1 saturated carbocycles. The van der Waals surface area contributed by atoms with Crippen molar-refractivity contribution in [1.82, 2.24) is 19.6 Å². The highest BCUT2D eigenvalue weighted by Crippen LogP contribution is 2.46. The van der Waals surface area contributed by atoms with Gasteiger partial charge in [-0.05, 0) is 67.7 Å². The van der Waals surface area contributed by atoms with Crippen LogP contribution in [-0.4, -0.2) is 56.6 Å². The van der Waals surface area contributed by atoms with E-state index in [0.29, 0.717) is 37.7 Å². The molecular weight excluding hydrogens is 496 g/mol. The summed E-state index contributed by atoms with van der Waals surface area (Å²) in [6, 6.07) is 6.29. The van der Waals surface area contributed by atoms with E-state index in [1.807, 2.05) is 19.2 Å². The average molecular weight is 535 g/mol. The standard InChI is InChI=1S/C30H38N4O5/c1-4-22-15-21(9-10-26(22)38-14-13-37-3)11-12-30(23-7-5-6-8-23)17-25(35)24(28(36)39-30)16-27-32-29-31-18-20(2)19-34(29)33-27/h9-10,15,18-19,23,35H,4-8,11-14,16-17H2,1-3H3. The molecule has 1 aliphatic heterocycles. The van der Waals surface area contributed by atoms with Gasteiger partial charge in [-0.3, -0.25) is 0 Å². The molecule has 0 radical (unpaired) electrons. The van der Waals surface area contributed by atoms with Crippen molar-refractivity contribution in [2.75, 3.05) is 20.3 Å². The van der Waals surface area contributed by atoms with Crippen LogP contribution >= 0.6 is 0 Å². The molecule has 2 aromatic heterocycles. The zero-order valence-corrected chi connectivity index (χ0v) is 23.1. The Morgan fingerprint density at radius 3 is 2.79 bits per heavy atom. The summed E-state index contributed by atoms with van der Waals surface area (Å²) < 4.78 is 18.9. The third kappa shape index (κ3) is 5.93. The number of nitrogens with zero attached hydrogens (tertiary/aromatic N) is 4. The molecule has 5 rings (SSSR count). The molecule has 1 aromatic carbocycles. The largest absolute Gasteiger partial charge is 0.512 e. The van der Waals surface area contributed by atoms with Crippen molar-refractivity contribution in [3.63, 3.8) is 0 Å². The number of rotatable bonds is 11. The first-order valence-electron chi connectivity index (χ1n) is 14.0. The first-order valence-corrected chi connectivity index (χ1v) is 14.0. The second-order valence-corrected chi connectivity index (χ2v) is 10.8. The van der Waals surface area contributed by atoms with E-state index in [-0.39, 0.29) is 23.7 Å². The number of aromatic nitrogens is 4. The summed E-state index contributed by atoms with van der Waals surface area (Å²) in [7, 11) is 1.66. The van der Waals surface area contributed by atoms with E-state index in [4.69, 9.17) is 14.2 Å². The van der Waals surface area contributed by atoms with Gasteiger partial charge in [-0.2, -0.15) is 4.98 Å². The quantitative estimate of drug-likeness (QED) is 0.274. The van der Waals surface area contributed by atoms with Crippen molar-refractivity contribution >= 4 is 11.7 Å². The SMILES string of the molecule is CCc1cc(CCC2(C3CCCC3)CC(O)=C(Cc3nc4ncc(C)cn4n3)C(=O)O2)ccc1OCCOC. The lowest BCUT2D eigenvalue weighted by Gasteiger charge is -2.41. The fourth-order valence-corrected chi connectivity index (χ4v) is 5.94. The third-order valence-corrected chi connectivity index (χ3v) is 8.05. The molecule has 1 N–H and O–H groups in total. The molecule has 0 spiro atoms. The predicted octanol–water partition coefficient (Wildman–Crippen LogP) is 4.88. The van der Waals surface area contributed by atoms with Crippen molar-refractivity contribution in [3.8, 4) is 5.75 Å². The van der Waals surface area contributed by atoms with Gasteiger partial charge in [-0.15, -0.1) is 5.10 Å². The van der Waals surface area contributed by atoms with E-state index in [1.54, 1.807) is 17.8 Å². The van der Waals surface area contributed by atoms with Gasteiger partial charge in [0.2, 0.25) is 0 Å². The van der Waals surface area contributed by atoms with Crippen LogP contribution in [0.25, 0.3) is 5.78 Å². The minimum atomic E-state index is -0.716. The molecule has 208 valence electrons. The van der Waals surface area contributed by atoms with Gasteiger partial charge in [0.05, 0.1) is 12.2 Å². The molecular formula is C30H38N4O5. The van der Waals surface area contributed by atoms with Crippen molar-refractivity contribution in [3.05, 3.63) is 64.4 Å². The first-order chi connectivity index (χ1) is 18.9. The van der Waals surface area contributed by atoms with Crippen molar-refractivity contribution < 1.29 is 24.1 Å². The Morgan fingerprint density at radius 2 is 2.05 bits per heavy atom. The number of aliphatic hydroxyl groups excluding tert-OH is 1. The molecule has 9 nitrogen and oxygen atoms in total. The van der Waals surface area contributed by atoms with Crippen LogP contribution < -0.4 is 4.74 Å². The molecule has 1 aliphatic carbocycles. The summed E-state index contributed by atoms with van der Waals surface area (Å²) in [4.78, 5) is 22.1. The molecule has 0 bridgehead atoms. The Morgan fingerprint density at radius 1 is 1.23 bits per heavy atom. The van der Waals surface area contributed by atoms with Gasteiger partial charge >= 0.3 is 5.97 Å². The number of cyclic esters (lactones) is 1. The van der Waals surface area contributed by atoms with Crippen LogP contribution in [0, 0.1) is 12.8 Å². The van der Waals surface area contributed by atoms with E-state index >= 15 is 0 Å². The predicted molar refractivity (Wildman–Crippen MR) is 146 cm³/mol. The molecule has 3 heterocycles. The Hall–Kier alpha value is -3.46. The number of aryl methyl sites for hydroxylation is 3. The van der Waals surface area contributed by atoms with Crippen LogP contribution in [0.5, 0.6) is 5.75 Å².